The van der Waals surface area contributed by atoms with E-state index >= 15 is 0 Å². The lowest BCUT2D eigenvalue weighted by Gasteiger charge is -2.24. The van der Waals surface area contributed by atoms with Crippen LogP contribution in [0.4, 0.5) is 0 Å². The van der Waals surface area contributed by atoms with Crippen LogP contribution in [0.25, 0.3) is 0 Å². The molecular formula is C14H19NO2. The Hall–Kier alpha value is -1.61. The van der Waals surface area contributed by atoms with Crippen molar-refractivity contribution >= 4 is 6.41 Å². The van der Waals surface area contributed by atoms with Crippen molar-refractivity contribution in [2.45, 2.75) is 19.6 Å². The van der Waals surface area contributed by atoms with E-state index in [9.17, 15) is 4.79 Å². The third-order valence-electron chi connectivity index (χ3n) is 2.61. The van der Waals surface area contributed by atoms with Gasteiger partial charge in [0.05, 0.1) is 19.3 Å². The molecule has 1 unspecified atom stereocenters. The van der Waals surface area contributed by atoms with Crippen molar-refractivity contribution in [3.8, 4) is 0 Å². The summed E-state index contributed by atoms with van der Waals surface area (Å²) in [5.74, 6) is 0. The van der Waals surface area contributed by atoms with Gasteiger partial charge in [-0.25, -0.2) is 0 Å². The molecule has 17 heavy (non-hydrogen) atoms. The fourth-order valence-corrected chi connectivity index (χ4v) is 1.54. The Balaban J connectivity index is 2.43. The maximum absolute atomic E-state index is 10.7. The van der Waals surface area contributed by atoms with E-state index in [4.69, 9.17) is 4.74 Å². The summed E-state index contributed by atoms with van der Waals surface area (Å²) in [6.07, 6.45) is 0.797. The number of nitrogens with zero attached hydrogens (tertiary/aromatic N) is 1. The van der Waals surface area contributed by atoms with E-state index in [-0.39, 0.29) is 6.04 Å². The molecule has 0 heterocycles. The lowest BCUT2D eigenvalue weighted by atomic mass is 10.1. The summed E-state index contributed by atoms with van der Waals surface area (Å²) in [4.78, 5) is 12.3. The maximum Gasteiger partial charge on any atom is 0.210 e. The highest BCUT2D eigenvalue weighted by Crippen LogP contribution is 2.07. The second-order valence-electron chi connectivity index (χ2n) is 4.13. The fraction of sp³-hybridized carbons (Fsp3) is 0.357. The summed E-state index contributed by atoms with van der Waals surface area (Å²) in [6.45, 7) is 6.79. The Labute approximate surface area is 103 Å². The highest BCUT2D eigenvalue weighted by molar-refractivity contribution is 5.48. The highest BCUT2D eigenvalue weighted by atomic mass is 16.5. The first-order valence-corrected chi connectivity index (χ1v) is 5.59. The third kappa shape index (κ3) is 4.41. The van der Waals surface area contributed by atoms with Gasteiger partial charge in [-0.1, -0.05) is 42.5 Å². The molecular weight excluding hydrogens is 214 g/mol. The number of rotatable bonds is 7. The van der Waals surface area contributed by atoms with Gasteiger partial charge in [0.1, 0.15) is 0 Å². The summed E-state index contributed by atoms with van der Waals surface area (Å²) in [5, 5.41) is 0. The second-order valence-corrected chi connectivity index (χ2v) is 4.13. The molecule has 1 atom stereocenters. The molecule has 3 heteroatoms. The quantitative estimate of drug-likeness (QED) is 0.534. The minimum Gasteiger partial charge on any atom is -0.374 e. The normalized spacial score (nSPS) is 11.9. The summed E-state index contributed by atoms with van der Waals surface area (Å²) < 4.78 is 5.60. The van der Waals surface area contributed by atoms with Crippen LogP contribution in [0.2, 0.25) is 0 Å². The first-order valence-electron chi connectivity index (χ1n) is 5.59. The van der Waals surface area contributed by atoms with E-state index in [2.05, 4.69) is 6.58 Å². The number of amides is 1. The number of likely N-dealkylation sites (N-methyl/N-ethyl adjacent to an activating group) is 1. The zero-order chi connectivity index (χ0) is 12.7. The van der Waals surface area contributed by atoms with Gasteiger partial charge in [-0.15, -0.1) is 0 Å². The summed E-state index contributed by atoms with van der Waals surface area (Å²) >= 11 is 0. The number of carbonyl (C=O) groups excluding carboxylic acids is 1. The molecule has 92 valence electrons. The molecule has 0 aliphatic carbocycles. The van der Waals surface area contributed by atoms with Crippen LogP contribution in [0, 0.1) is 0 Å². The molecule has 0 bridgehead atoms. The zero-order valence-electron chi connectivity index (χ0n) is 10.4. The van der Waals surface area contributed by atoms with Gasteiger partial charge in [0.25, 0.3) is 0 Å². The van der Waals surface area contributed by atoms with E-state index in [1.54, 1.807) is 11.9 Å². The molecule has 0 aliphatic heterocycles. The third-order valence-corrected chi connectivity index (χ3v) is 2.61. The van der Waals surface area contributed by atoms with Crippen molar-refractivity contribution in [1.82, 2.24) is 4.90 Å². The van der Waals surface area contributed by atoms with Crippen LogP contribution in [0.15, 0.2) is 42.5 Å². The lowest BCUT2D eigenvalue weighted by molar-refractivity contribution is -0.119. The monoisotopic (exact) mass is 233 g/mol. The van der Waals surface area contributed by atoms with Crippen molar-refractivity contribution in [2.24, 2.45) is 0 Å². The van der Waals surface area contributed by atoms with Crippen molar-refractivity contribution in [1.29, 1.82) is 0 Å². The maximum atomic E-state index is 10.7. The van der Waals surface area contributed by atoms with Gasteiger partial charge >= 0.3 is 0 Å². The summed E-state index contributed by atoms with van der Waals surface area (Å²) in [7, 11) is 1.73. The Morgan fingerprint density at radius 3 is 2.65 bits per heavy atom. The summed E-state index contributed by atoms with van der Waals surface area (Å²) in [5.41, 5.74) is 2.05. The first-order chi connectivity index (χ1) is 8.15. The van der Waals surface area contributed by atoms with Crippen LogP contribution >= 0.6 is 0 Å². The Morgan fingerprint density at radius 2 is 2.12 bits per heavy atom. The van der Waals surface area contributed by atoms with Crippen molar-refractivity contribution in [2.75, 3.05) is 13.7 Å². The van der Waals surface area contributed by atoms with Gasteiger partial charge in [-0.3, -0.25) is 4.79 Å². The number of ether oxygens (including phenoxy) is 1. The average molecular weight is 233 g/mol. The minimum absolute atomic E-state index is 0.0591. The van der Waals surface area contributed by atoms with Gasteiger partial charge in [0, 0.05) is 7.05 Å². The SMILES string of the molecule is C=C(C)C(COCc1ccccc1)N(C)C=O. The molecule has 3 nitrogen and oxygen atoms in total. The largest absolute Gasteiger partial charge is 0.374 e. The van der Waals surface area contributed by atoms with Gasteiger partial charge in [-0.2, -0.15) is 0 Å². The molecule has 0 radical (unpaired) electrons. The summed E-state index contributed by atoms with van der Waals surface area (Å²) in [6, 6.07) is 9.90. The molecule has 0 saturated heterocycles. The van der Waals surface area contributed by atoms with E-state index in [0.717, 1.165) is 17.5 Å². The van der Waals surface area contributed by atoms with Crippen LogP contribution in [0.5, 0.6) is 0 Å². The van der Waals surface area contributed by atoms with Gasteiger partial charge in [0.2, 0.25) is 6.41 Å². The molecule has 0 fully saturated rings. The Bertz CT molecular complexity index is 362. The molecule has 0 N–H and O–H groups in total. The molecule has 0 spiro atoms. The second kappa shape index (κ2) is 6.86. The smallest absolute Gasteiger partial charge is 0.210 e. The first kappa shape index (κ1) is 13.5. The number of hydrogen-bond acceptors (Lipinski definition) is 2. The zero-order valence-corrected chi connectivity index (χ0v) is 10.4. The minimum atomic E-state index is -0.0591. The standard InChI is InChI=1S/C14H19NO2/c1-12(2)14(15(3)11-16)10-17-9-13-7-5-4-6-8-13/h4-8,11,14H,1,9-10H2,2-3H3. The predicted molar refractivity (Wildman–Crippen MR) is 68.5 cm³/mol. The van der Waals surface area contributed by atoms with Crippen molar-refractivity contribution in [3.63, 3.8) is 0 Å². The Morgan fingerprint density at radius 1 is 1.47 bits per heavy atom. The molecule has 0 aromatic heterocycles. The van der Waals surface area contributed by atoms with Crippen LogP contribution in [-0.4, -0.2) is 31.0 Å². The predicted octanol–water partition coefficient (Wildman–Crippen LogP) is 2.24. The highest BCUT2D eigenvalue weighted by Gasteiger charge is 2.13. The van der Waals surface area contributed by atoms with Gasteiger partial charge in [0.15, 0.2) is 0 Å². The molecule has 1 amide bonds. The van der Waals surface area contributed by atoms with Crippen LogP contribution in [0.1, 0.15) is 12.5 Å². The van der Waals surface area contributed by atoms with E-state index in [0.29, 0.717) is 13.2 Å². The van der Waals surface area contributed by atoms with E-state index in [1.807, 2.05) is 37.3 Å². The molecule has 1 rings (SSSR count). The van der Waals surface area contributed by atoms with Gasteiger partial charge < -0.3 is 9.64 Å². The average Bonchev–Trinajstić information content (AvgIpc) is 2.34. The lowest BCUT2D eigenvalue weighted by Crippen LogP contribution is -2.35. The molecule has 1 aromatic rings. The Kier molecular flexibility index (Phi) is 5.43. The topological polar surface area (TPSA) is 29.5 Å². The van der Waals surface area contributed by atoms with Crippen LogP contribution < -0.4 is 0 Å². The number of hydrogen-bond donors (Lipinski definition) is 0. The van der Waals surface area contributed by atoms with Gasteiger partial charge in [-0.05, 0) is 12.5 Å². The number of carbonyl (C=O) groups is 1. The van der Waals surface area contributed by atoms with E-state index < -0.39 is 0 Å². The van der Waals surface area contributed by atoms with Crippen molar-refractivity contribution in [3.05, 3.63) is 48.0 Å². The van der Waals surface area contributed by atoms with E-state index in [1.165, 1.54) is 0 Å². The molecule has 1 aromatic carbocycles. The van der Waals surface area contributed by atoms with Crippen LogP contribution in [0.3, 0.4) is 0 Å². The van der Waals surface area contributed by atoms with Crippen molar-refractivity contribution < 1.29 is 9.53 Å². The fourth-order valence-electron chi connectivity index (χ4n) is 1.54. The van der Waals surface area contributed by atoms with Crippen LogP contribution in [-0.2, 0) is 16.1 Å². The molecule has 0 aliphatic rings. The molecule has 0 saturated carbocycles. The number of benzene rings is 1.